The van der Waals surface area contributed by atoms with Gasteiger partial charge in [-0.1, -0.05) is 17.7 Å². The maximum Gasteiger partial charge on any atom is 0.320 e. The minimum atomic E-state index is -0.104. The molecule has 1 aromatic carbocycles. The van der Waals surface area contributed by atoms with Gasteiger partial charge in [0.25, 0.3) is 0 Å². The van der Waals surface area contributed by atoms with Gasteiger partial charge in [0.1, 0.15) is 24.6 Å². The van der Waals surface area contributed by atoms with Gasteiger partial charge in [0.15, 0.2) is 0 Å². The number of aromatic nitrogens is 2. The summed E-state index contributed by atoms with van der Waals surface area (Å²) < 4.78 is 5.04. The fourth-order valence-electron chi connectivity index (χ4n) is 3.89. The van der Waals surface area contributed by atoms with Gasteiger partial charge in [0, 0.05) is 35.4 Å². The van der Waals surface area contributed by atoms with Crippen molar-refractivity contribution in [1.82, 2.24) is 14.9 Å². The summed E-state index contributed by atoms with van der Waals surface area (Å²) in [5.41, 5.74) is 0.887. The van der Waals surface area contributed by atoms with E-state index in [1.54, 1.807) is 6.33 Å². The molecular weight excluding hydrogens is 378 g/mol. The number of esters is 1. The Morgan fingerprint density at radius 1 is 1.11 bits per heavy atom. The van der Waals surface area contributed by atoms with Crippen molar-refractivity contribution in [3.8, 4) is 0 Å². The average molecular weight is 402 g/mol. The zero-order valence-electron chi connectivity index (χ0n) is 15.6. The summed E-state index contributed by atoms with van der Waals surface area (Å²) in [6.07, 6.45) is 5.81. The number of benzene rings is 1. The summed E-state index contributed by atoms with van der Waals surface area (Å²) in [6.45, 7) is 1.78. The van der Waals surface area contributed by atoms with E-state index in [4.69, 9.17) is 16.3 Å². The minimum absolute atomic E-state index is 0.104. The van der Waals surface area contributed by atoms with Crippen LogP contribution in [0.4, 0.5) is 17.3 Å². The molecule has 148 valence electrons. The Labute approximate surface area is 169 Å². The first kappa shape index (κ1) is 19.0. The first-order valence-corrected chi connectivity index (χ1v) is 10.0. The number of nitrogens with zero attached hydrogens (tertiary/aromatic N) is 3. The Morgan fingerprint density at radius 3 is 2.71 bits per heavy atom. The van der Waals surface area contributed by atoms with Crippen molar-refractivity contribution in [3.05, 3.63) is 41.7 Å². The van der Waals surface area contributed by atoms with Crippen molar-refractivity contribution < 1.29 is 9.53 Å². The molecule has 8 heteroatoms. The second kappa shape index (κ2) is 8.75. The smallest absolute Gasteiger partial charge is 0.320 e. The predicted octanol–water partition coefficient (Wildman–Crippen LogP) is 3.46. The Morgan fingerprint density at radius 2 is 1.93 bits per heavy atom. The molecule has 0 atom stereocenters. The third-order valence-corrected chi connectivity index (χ3v) is 5.54. The molecule has 1 aliphatic heterocycles. The molecule has 7 nitrogen and oxygen atoms in total. The molecule has 0 bridgehead atoms. The van der Waals surface area contributed by atoms with E-state index in [1.165, 1.54) is 0 Å². The lowest BCUT2D eigenvalue weighted by Gasteiger charge is -2.38. The third kappa shape index (κ3) is 4.91. The Bertz CT molecular complexity index is 826. The second-order valence-corrected chi connectivity index (χ2v) is 7.70. The molecule has 1 aromatic heterocycles. The number of rotatable bonds is 5. The normalized spacial score (nSPS) is 23.1. The Hall–Kier alpha value is -2.38. The van der Waals surface area contributed by atoms with Crippen LogP contribution in [0, 0.1) is 0 Å². The molecule has 1 aliphatic carbocycles. The molecule has 2 aliphatic rings. The van der Waals surface area contributed by atoms with Gasteiger partial charge < -0.3 is 15.4 Å². The number of nitrogens with one attached hydrogen (secondary N) is 2. The maximum atomic E-state index is 11.5. The van der Waals surface area contributed by atoms with E-state index in [2.05, 4.69) is 25.5 Å². The number of ether oxygens (including phenoxy) is 1. The number of hydrogen-bond donors (Lipinski definition) is 2. The summed E-state index contributed by atoms with van der Waals surface area (Å²) in [4.78, 5) is 22.4. The molecule has 0 radical (unpaired) electrons. The van der Waals surface area contributed by atoms with E-state index >= 15 is 0 Å². The number of anilines is 3. The largest absolute Gasteiger partial charge is 0.463 e. The van der Waals surface area contributed by atoms with E-state index in [1.807, 2.05) is 30.3 Å². The van der Waals surface area contributed by atoms with Crippen LogP contribution in [0.15, 0.2) is 36.7 Å². The van der Waals surface area contributed by atoms with Crippen LogP contribution < -0.4 is 10.6 Å². The van der Waals surface area contributed by atoms with E-state index in [0.29, 0.717) is 30.3 Å². The molecule has 2 fully saturated rings. The maximum absolute atomic E-state index is 11.5. The molecule has 0 amide bonds. The van der Waals surface area contributed by atoms with Crippen molar-refractivity contribution in [2.75, 3.05) is 30.3 Å². The fourth-order valence-corrected chi connectivity index (χ4v) is 4.08. The first-order valence-electron chi connectivity index (χ1n) is 9.66. The zero-order valence-corrected chi connectivity index (χ0v) is 16.4. The molecule has 2 aromatic rings. The number of cyclic esters (lactones) is 1. The zero-order chi connectivity index (χ0) is 19.3. The van der Waals surface area contributed by atoms with Crippen LogP contribution in [-0.2, 0) is 9.53 Å². The standard InChI is InChI=1S/C20H24ClN5O2/c21-14-2-1-3-16(10-14)25-19-11-18(22-13-23-19)24-15-4-6-17(7-5-15)26-8-9-28-20(27)12-26/h1-3,10-11,13,15,17H,4-9,12H2,(H2,22,23,24,25). The highest BCUT2D eigenvalue weighted by molar-refractivity contribution is 6.30. The van der Waals surface area contributed by atoms with Crippen LogP contribution in [0.3, 0.4) is 0 Å². The highest BCUT2D eigenvalue weighted by Gasteiger charge is 2.29. The molecule has 4 rings (SSSR count). The highest BCUT2D eigenvalue weighted by Crippen LogP contribution is 2.27. The number of morpholine rings is 1. The number of carbonyl (C=O) groups excluding carboxylic acids is 1. The predicted molar refractivity (Wildman–Crippen MR) is 109 cm³/mol. The molecule has 2 N–H and O–H groups in total. The average Bonchev–Trinajstić information content (AvgIpc) is 2.69. The molecule has 1 saturated heterocycles. The van der Waals surface area contributed by atoms with Gasteiger partial charge in [-0.2, -0.15) is 0 Å². The first-order chi connectivity index (χ1) is 13.7. The number of halogens is 1. The van der Waals surface area contributed by atoms with Crippen molar-refractivity contribution in [2.24, 2.45) is 0 Å². The van der Waals surface area contributed by atoms with Gasteiger partial charge in [-0.3, -0.25) is 9.69 Å². The minimum Gasteiger partial charge on any atom is -0.463 e. The van der Waals surface area contributed by atoms with Gasteiger partial charge >= 0.3 is 5.97 Å². The fraction of sp³-hybridized carbons (Fsp3) is 0.450. The summed E-state index contributed by atoms with van der Waals surface area (Å²) in [5, 5.41) is 7.45. The summed E-state index contributed by atoms with van der Waals surface area (Å²) in [7, 11) is 0. The molecule has 28 heavy (non-hydrogen) atoms. The lowest BCUT2D eigenvalue weighted by molar-refractivity contribution is -0.152. The van der Waals surface area contributed by atoms with Gasteiger partial charge in [-0.25, -0.2) is 9.97 Å². The quantitative estimate of drug-likeness (QED) is 0.742. The van der Waals surface area contributed by atoms with Gasteiger partial charge in [-0.15, -0.1) is 0 Å². The van der Waals surface area contributed by atoms with Crippen molar-refractivity contribution in [1.29, 1.82) is 0 Å². The molecule has 0 unspecified atom stereocenters. The van der Waals surface area contributed by atoms with E-state index in [-0.39, 0.29) is 5.97 Å². The van der Waals surface area contributed by atoms with Gasteiger partial charge in [0.2, 0.25) is 0 Å². The van der Waals surface area contributed by atoms with Gasteiger partial charge in [0.05, 0.1) is 6.54 Å². The molecule has 1 saturated carbocycles. The van der Waals surface area contributed by atoms with Gasteiger partial charge in [-0.05, 0) is 43.9 Å². The Kier molecular flexibility index (Phi) is 5.92. The lowest BCUT2D eigenvalue weighted by Crippen LogP contribution is -2.48. The SMILES string of the molecule is O=C1CN(C2CCC(Nc3cc(Nc4cccc(Cl)c4)ncn3)CC2)CCO1. The summed E-state index contributed by atoms with van der Waals surface area (Å²) in [6, 6.07) is 10.3. The molecule has 0 spiro atoms. The van der Waals surface area contributed by atoms with E-state index < -0.39 is 0 Å². The van der Waals surface area contributed by atoms with Crippen molar-refractivity contribution in [2.45, 2.75) is 37.8 Å². The van der Waals surface area contributed by atoms with E-state index in [0.717, 1.165) is 49.6 Å². The lowest BCUT2D eigenvalue weighted by atomic mass is 9.90. The van der Waals surface area contributed by atoms with Crippen LogP contribution in [0.25, 0.3) is 0 Å². The second-order valence-electron chi connectivity index (χ2n) is 7.26. The summed E-state index contributed by atoms with van der Waals surface area (Å²) >= 11 is 6.03. The van der Waals surface area contributed by atoms with Crippen LogP contribution in [-0.4, -0.2) is 52.6 Å². The van der Waals surface area contributed by atoms with Crippen molar-refractivity contribution in [3.63, 3.8) is 0 Å². The third-order valence-electron chi connectivity index (χ3n) is 5.30. The molecule has 2 heterocycles. The highest BCUT2D eigenvalue weighted by atomic mass is 35.5. The monoisotopic (exact) mass is 401 g/mol. The van der Waals surface area contributed by atoms with Crippen molar-refractivity contribution >= 4 is 34.9 Å². The Balaban J connectivity index is 1.31. The van der Waals surface area contributed by atoms with Crippen LogP contribution >= 0.6 is 11.6 Å². The van der Waals surface area contributed by atoms with Crippen LogP contribution in [0.5, 0.6) is 0 Å². The molecular formula is C20H24ClN5O2. The van der Waals surface area contributed by atoms with Crippen LogP contribution in [0.1, 0.15) is 25.7 Å². The number of carbonyl (C=O) groups is 1. The number of hydrogen-bond acceptors (Lipinski definition) is 7. The van der Waals surface area contributed by atoms with Crippen LogP contribution in [0.2, 0.25) is 5.02 Å². The summed E-state index contributed by atoms with van der Waals surface area (Å²) in [5.74, 6) is 1.43. The topological polar surface area (TPSA) is 79.4 Å². The van der Waals surface area contributed by atoms with E-state index in [9.17, 15) is 4.79 Å².